The molecule has 5 atom stereocenters. The van der Waals surface area contributed by atoms with Gasteiger partial charge in [-0.1, -0.05) is 17.0 Å². The van der Waals surface area contributed by atoms with Crippen LogP contribution in [0, 0.1) is 11.8 Å². The molecule has 0 bridgehead atoms. The maximum atomic E-state index is 12.1. The summed E-state index contributed by atoms with van der Waals surface area (Å²) in [5, 5.41) is 3.67. The maximum absolute atomic E-state index is 12.1. The van der Waals surface area contributed by atoms with Crippen LogP contribution in [0.25, 0.3) is 21.5 Å². The normalized spacial score (nSPS) is 22.7. The summed E-state index contributed by atoms with van der Waals surface area (Å²) in [6, 6.07) is 0. The van der Waals surface area contributed by atoms with E-state index in [-0.39, 0.29) is 18.8 Å². The standard InChI is InChI=1S/C15H21N8O12P3/c16-3-1-2-9-5-23(15-13(9)14(17)19-7-20-15)12-4-10(31-8-21-22-18)11(33-12)6-32-37(27,28)35-38(29,30)34-36(24,25)26/h5,7,10-12H,3-4,6,8,16H2,(H,27,28)(H,29,30)(H2,17,19,20)(H2,24,25,26)/t10-,11-,12-/m0/s1. The molecule has 8 N–H and O–H groups in total. The minimum Gasteiger partial charge on any atom is -0.383 e. The summed E-state index contributed by atoms with van der Waals surface area (Å²) in [7, 11) is -16.7. The first-order chi connectivity index (χ1) is 17.8. The number of anilines is 1. The van der Waals surface area contributed by atoms with Crippen LogP contribution in [0.3, 0.4) is 0 Å². The largest absolute Gasteiger partial charge is 0.490 e. The molecule has 1 fully saturated rings. The van der Waals surface area contributed by atoms with Gasteiger partial charge in [0.1, 0.15) is 36.9 Å². The topological polar surface area (TPSA) is 310 Å². The molecule has 1 aliphatic rings. The molecule has 3 heterocycles. The Bertz CT molecular complexity index is 1430. The number of rotatable bonds is 11. The third-order valence-electron chi connectivity index (χ3n) is 4.68. The molecule has 0 saturated carbocycles. The number of nitrogen functional groups attached to an aromatic ring is 1. The number of aromatic nitrogens is 3. The minimum absolute atomic E-state index is 0.0584. The zero-order valence-electron chi connectivity index (χ0n) is 18.9. The van der Waals surface area contributed by atoms with Crippen molar-refractivity contribution in [2.45, 2.75) is 24.9 Å². The van der Waals surface area contributed by atoms with Crippen LogP contribution in [0.5, 0.6) is 0 Å². The fourth-order valence-corrected chi connectivity index (χ4v) is 6.42. The Morgan fingerprint density at radius 2 is 1.97 bits per heavy atom. The van der Waals surface area contributed by atoms with Gasteiger partial charge in [-0.3, -0.25) is 4.52 Å². The van der Waals surface area contributed by atoms with Gasteiger partial charge in [0.15, 0.2) is 0 Å². The average molecular weight is 598 g/mol. The van der Waals surface area contributed by atoms with Crippen molar-refractivity contribution in [2.24, 2.45) is 10.8 Å². The smallest absolute Gasteiger partial charge is 0.383 e. The number of nitrogens with two attached hydrogens (primary N) is 2. The van der Waals surface area contributed by atoms with Gasteiger partial charge < -0.3 is 45.1 Å². The number of ether oxygens (including phenoxy) is 2. The van der Waals surface area contributed by atoms with Gasteiger partial charge in [0, 0.05) is 17.5 Å². The van der Waals surface area contributed by atoms with Crippen molar-refractivity contribution in [2.75, 3.05) is 25.6 Å². The second-order valence-corrected chi connectivity index (χ2v) is 11.7. The van der Waals surface area contributed by atoms with E-state index in [2.05, 4.69) is 45.0 Å². The predicted octanol–water partition coefficient (Wildman–Crippen LogP) is 0.607. The maximum Gasteiger partial charge on any atom is 0.490 e. The van der Waals surface area contributed by atoms with Crippen LogP contribution in [0.15, 0.2) is 17.6 Å². The Morgan fingerprint density at radius 3 is 2.63 bits per heavy atom. The molecular weight excluding hydrogens is 577 g/mol. The third-order valence-corrected chi connectivity index (χ3v) is 8.48. The fraction of sp³-hybridized carbons (Fsp3) is 0.467. The van der Waals surface area contributed by atoms with E-state index in [4.69, 9.17) is 36.3 Å². The van der Waals surface area contributed by atoms with Crippen LogP contribution in [-0.4, -0.2) is 66.2 Å². The molecule has 38 heavy (non-hydrogen) atoms. The van der Waals surface area contributed by atoms with Gasteiger partial charge in [-0.25, -0.2) is 23.7 Å². The highest BCUT2D eigenvalue weighted by atomic mass is 31.3. The molecule has 2 aromatic heterocycles. The zero-order chi connectivity index (χ0) is 28.1. The van der Waals surface area contributed by atoms with E-state index in [1.165, 1.54) is 6.33 Å². The van der Waals surface area contributed by atoms with Crippen LogP contribution in [0.1, 0.15) is 18.2 Å². The zero-order valence-corrected chi connectivity index (χ0v) is 21.6. The molecule has 0 spiro atoms. The molecule has 0 amide bonds. The average Bonchev–Trinajstić information content (AvgIpc) is 3.36. The Morgan fingerprint density at radius 1 is 1.24 bits per heavy atom. The van der Waals surface area contributed by atoms with E-state index in [9.17, 15) is 23.5 Å². The molecule has 0 aromatic carbocycles. The molecule has 0 aliphatic carbocycles. The van der Waals surface area contributed by atoms with E-state index in [1.807, 2.05) is 0 Å². The monoisotopic (exact) mass is 598 g/mol. The molecule has 208 valence electrons. The summed E-state index contributed by atoms with van der Waals surface area (Å²) in [5.41, 5.74) is 20.7. The minimum atomic E-state index is -5.71. The fourth-order valence-electron chi connectivity index (χ4n) is 3.39. The first-order valence-electron chi connectivity index (χ1n) is 10.1. The Kier molecular flexibility index (Phi) is 9.66. The molecule has 1 saturated heterocycles. The number of fused-ring (bicyclic) bond motifs is 1. The van der Waals surface area contributed by atoms with Crippen molar-refractivity contribution in [3.63, 3.8) is 0 Å². The van der Waals surface area contributed by atoms with Crippen LogP contribution in [-0.2, 0) is 36.3 Å². The first kappa shape index (κ1) is 30.1. The summed E-state index contributed by atoms with van der Waals surface area (Å²) in [6.45, 7) is -1.17. The first-order valence-corrected chi connectivity index (χ1v) is 14.6. The highest BCUT2D eigenvalue weighted by Gasteiger charge is 2.43. The van der Waals surface area contributed by atoms with Crippen LogP contribution < -0.4 is 11.5 Å². The molecular formula is C15H21N8O12P3. The van der Waals surface area contributed by atoms with E-state index in [0.29, 0.717) is 16.6 Å². The van der Waals surface area contributed by atoms with Crippen molar-refractivity contribution in [3.8, 4) is 11.8 Å². The predicted molar refractivity (Wildman–Crippen MR) is 125 cm³/mol. The Labute approximate surface area is 212 Å². The SMILES string of the molecule is [N-]=[N+]=NCO[C@H]1C[C@@H](n2cc(C#CCN)c3c(N)ncnc32)O[C@H]1COP(=O)(O)OP(=O)(O)OP(=O)(O)O. The van der Waals surface area contributed by atoms with E-state index < -0.39 is 55.2 Å². The lowest BCUT2D eigenvalue weighted by atomic mass is 10.2. The van der Waals surface area contributed by atoms with Crippen LogP contribution in [0.4, 0.5) is 5.82 Å². The summed E-state index contributed by atoms with van der Waals surface area (Å²) in [5.74, 6) is 5.68. The molecule has 3 rings (SSSR count). The van der Waals surface area contributed by atoms with Gasteiger partial charge in [-0.15, -0.1) is 0 Å². The number of phosphoric acid groups is 3. The van der Waals surface area contributed by atoms with Crippen molar-refractivity contribution < 1.29 is 55.9 Å². The van der Waals surface area contributed by atoms with Crippen LogP contribution in [0.2, 0.25) is 0 Å². The van der Waals surface area contributed by atoms with Crippen LogP contribution >= 0.6 is 23.5 Å². The van der Waals surface area contributed by atoms with Crippen molar-refractivity contribution in [3.05, 3.63) is 28.5 Å². The van der Waals surface area contributed by atoms with Gasteiger partial charge in [-0.2, -0.15) is 8.62 Å². The summed E-state index contributed by atoms with van der Waals surface area (Å²) < 4.78 is 59.4. The lowest BCUT2D eigenvalue weighted by molar-refractivity contribution is -0.0581. The van der Waals surface area contributed by atoms with E-state index in [0.717, 1.165) is 0 Å². The van der Waals surface area contributed by atoms with Gasteiger partial charge in [0.05, 0.1) is 30.2 Å². The molecule has 0 radical (unpaired) electrons. The third kappa shape index (κ3) is 8.04. The summed E-state index contributed by atoms with van der Waals surface area (Å²) in [4.78, 5) is 47.1. The second kappa shape index (κ2) is 12.2. The lowest BCUT2D eigenvalue weighted by Gasteiger charge is -2.21. The van der Waals surface area contributed by atoms with Crippen molar-refractivity contribution >= 4 is 40.3 Å². The summed E-state index contributed by atoms with van der Waals surface area (Å²) >= 11 is 0. The van der Waals surface area contributed by atoms with Gasteiger partial charge in [0.25, 0.3) is 0 Å². The lowest BCUT2D eigenvalue weighted by Crippen LogP contribution is -2.29. The molecule has 2 unspecified atom stereocenters. The molecule has 2 aromatic rings. The number of hydrogen-bond acceptors (Lipinski definition) is 13. The molecule has 23 heteroatoms. The quantitative estimate of drug-likeness (QED) is 0.0678. The Hall–Kier alpha value is -2.42. The number of phosphoric ester groups is 1. The molecule has 1 aliphatic heterocycles. The van der Waals surface area contributed by atoms with Gasteiger partial charge >= 0.3 is 23.5 Å². The number of hydrogen-bond donors (Lipinski definition) is 6. The van der Waals surface area contributed by atoms with Crippen molar-refractivity contribution in [1.82, 2.24) is 14.5 Å². The van der Waals surface area contributed by atoms with E-state index in [1.54, 1.807) is 10.8 Å². The van der Waals surface area contributed by atoms with E-state index >= 15 is 0 Å². The number of azide groups is 1. The highest BCUT2D eigenvalue weighted by molar-refractivity contribution is 7.66. The number of nitrogens with zero attached hydrogens (tertiary/aromatic N) is 6. The molecule has 20 nitrogen and oxygen atoms in total. The highest BCUT2D eigenvalue weighted by Crippen LogP contribution is 2.66. The Balaban J connectivity index is 1.83. The summed E-state index contributed by atoms with van der Waals surface area (Å²) in [6.07, 6.45) is -0.0972. The van der Waals surface area contributed by atoms with Gasteiger partial charge in [-0.05, 0) is 5.53 Å². The second-order valence-electron chi connectivity index (χ2n) is 7.23. The van der Waals surface area contributed by atoms with Gasteiger partial charge in [0.2, 0.25) is 0 Å². The van der Waals surface area contributed by atoms with Crippen molar-refractivity contribution in [1.29, 1.82) is 0 Å².